The van der Waals surface area contributed by atoms with E-state index in [1.807, 2.05) is 0 Å². The largest absolute Gasteiger partial charge is 0.808 e. The Morgan fingerprint density at radius 3 is 1.67 bits per heavy atom. The summed E-state index contributed by atoms with van der Waals surface area (Å²) in [6.07, 6.45) is 0. The van der Waals surface area contributed by atoms with Crippen molar-refractivity contribution in [3.8, 4) is 0 Å². The summed E-state index contributed by atoms with van der Waals surface area (Å²) in [5.41, 5.74) is 0. The van der Waals surface area contributed by atoms with E-state index in [9.17, 15) is 4.46 Å². The van der Waals surface area contributed by atoms with Gasteiger partial charge in [0.2, 0.25) is 0 Å². The third kappa shape index (κ3) is 1.82. The van der Waals surface area contributed by atoms with Crippen LogP contribution in [0.15, 0.2) is 0 Å². The first-order valence-electron chi connectivity index (χ1n) is 1.08. The molecule has 0 heterocycles. The van der Waals surface area contributed by atoms with E-state index < -0.39 is 9.17 Å². The Balaban J connectivity index is 2.99. The normalized spacial score (nSPS) is 7.00. The Kier molecular flexibility index (Phi) is 2.54. The molecule has 0 radical (unpaired) electrons. The standard InChI is InChI=1S/H4N2O3Si/c1-4-6(3)5-2/h1-2H2. The smallest absolute Gasteiger partial charge is 0.406 e. The summed E-state index contributed by atoms with van der Waals surface area (Å²) in [7, 11) is -2.56. The molecule has 0 aromatic rings. The van der Waals surface area contributed by atoms with Gasteiger partial charge in [0.15, 0.2) is 0 Å². The van der Waals surface area contributed by atoms with Crippen molar-refractivity contribution < 1.29 is 13.5 Å². The second kappa shape index (κ2) is 2.76. The van der Waals surface area contributed by atoms with Gasteiger partial charge in [0.05, 0.1) is 0 Å². The zero-order valence-electron chi connectivity index (χ0n) is 2.88. The molecule has 0 aromatic heterocycles. The van der Waals surface area contributed by atoms with Gasteiger partial charge in [0.1, 0.15) is 0 Å². The Morgan fingerprint density at radius 2 is 1.67 bits per heavy atom. The third-order valence-corrected chi connectivity index (χ3v) is 0.577. The topological polar surface area (TPSA) is 87.6 Å². The van der Waals surface area contributed by atoms with Crippen molar-refractivity contribution in [3.05, 3.63) is 0 Å². The maximum Gasteiger partial charge on any atom is 0.808 e. The molecule has 0 unspecified atom stereocenters. The van der Waals surface area contributed by atoms with Gasteiger partial charge < -0.3 is 9.05 Å². The Morgan fingerprint density at radius 1 is 1.33 bits per heavy atom. The molecule has 0 bridgehead atoms. The first-order valence-corrected chi connectivity index (χ1v) is 2.31. The molecule has 0 saturated heterocycles. The van der Waals surface area contributed by atoms with Gasteiger partial charge in [-0.05, 0) is 0 Å². The molecule has 36 valence electrons. The lowest BCUT2D eigenvalue weighted by atomic mass is 13.6. The lowest BCUT2D eigenvalue weighted by Crippen LogP contribution is -2.19. The minimum Gasteiger partial charge on any atom is -0.406 e. The molecule has 0 aliphatic carbocycles. The molecule has 0 spiro atoms. The van der Waals surface area contributed by atoms with E-state index in [2.05, 4.69) is 20.8 Å². The van der Waals surface area contributed by atoms with Crippen molar-refractivity contribution in [2.75, 3.05) is 0 Å². The highest BCUT2D eigenvalue weighted by Crippen LogP contribution is 1.55. The molecule has 6 heavy (non-hydrogen) atoms. The summed E-state index contributed by atoms with van der Waals surface area (Å²) in [4.78, 5) is 0. The SMILES string of the molecule is NO[Si](=O)ON. The van der Waals surface area contributed by atoms with Crippen LogP contribution in [-0.4, -0.2) is 9.17 Å². The van der Waals surface area contributed by atoms with Gasteiger partial charge in [0, 0.05) is 0 Å². The fourth-order valence-electron chi connectivity index (χ4n) is 0.0278. The second-order valence-corrected chi connectivity index (χ2v) is 1.46. The lowest BCUT2D eigenvalue weighted by molar-refractivity contribution is 0.173. The summed E-state index contributed by atoms with van der Waals surface area (Å²) in [5.74, 6) is 8.62. The highest BCUT2D eigenvalue weighted by atomic mass is 28.3. The molecule has 0 aliphatic heterocycles. The predicted octanol–water partition coefficient (Wildman–Crippen LogP) is -1.82. The fourth-order valence-corrected chi connectivity index (χ4v) is 0.0833. The van der Waals surface area contributed by atoms with Crippen LogP contribution >= 0.6 is 0 Å². The molecular formula is H4N2O3Si. The first kappa shape index (κ1) is 5.54. The molecule has 0 aromatic carbocycles. The number of hydrogen-bond acceptors (Lipinski definition) is 5. The quantitative estimate of drug-likeness (QED) is 0.321. The molecule has 0 saturated carbocycles. The molecule has 6 heteroatoms. The number of rotatable bonds is 2. The summed E-state index contributed by atoms with van der Waals surface area (Å²) < 4.78 is 16.9. The van der Waals surface area contributed by atoms with Crippen LogP contribution < -0.4 is 11.8 Å². The molecule has 0 amide bonds. The fraction of sp³-hybridized carbons (Fsp3) is 0. The third-order valence-electron chi connectivity index (χ3n) is 0.192. The maximum atomic E-state index is 9.67. The van der Waals surface area contributed by atoms with Crippen molar-refractivity contribution in [2.24, 2.45) is 11.8 Å². The van der Waals surface area contributed by atoms with Crippen molar-refractivity contribution >= 4 is 9.17 Å². The van der Waals surface area contributed by atoms with Crippen LogP contribution in [-0.2, 0) is 13.5 Å². The first-order chi connectivity index (χ1) is 2.81. The van der Waals surface area contributed by atoms with Gasteiger partial charge in [-0.25, -0.2) is 0 Å². The molecular weight excluding hydrogens is 104 g/mol. The Bertz CT molecular complexity index is 46.8. The average Bonchev–Trinajstić information content (AvgIpc) is 1.65. The molecule has 0 aliphatic rings. The van der Waals surface area contributed by atoms with E-state index in [1.54, 1.807) is 0 Å². The summed E-state index contributed by atoms with van der Waals surface area (Å²) in [6.45, 7) is 0. The van der Waals surface area contributed by atoms with E-state index in [-0.39, 0.29) is 0 Å². The lowest BCUT2D eigenvalue weighted by Gasteiger charge is -1.85. The van der Waals surface area contributed by atoms with Crippen molar-refractivity contribution in [3.63, 3.8) is 0 Å². The highest BCUT2D eigenvalue weighted by Gasteiger charge is 2.03. The van der Waals surface area contributed by atoms with Crippen LogP contribution in [0.4, 0.5) is 0 Å². The van der Waals surface area contributed by atoms with Crippen LogP contribution in [0.3, 0.4) is 0 Å². The van der Waals surface area contributed by atoms with E-state index in [0.29, 0.717) is 0 Å². The summed E-state index contributed by atoms with van der Waals surface area (Å²) >= 11 is 0. The zero-order valence-corrected chi connectivity index (χ0v) is 3.88. The molecule has 4 N–H and O–H groups in total. The minimum atomic E-state index is -2.56. The monoisotopic (exact) mass is 108 g/mol. The van der Waals surface area contributed by atoms with Crippen LogP contribution in [0, 0.1) is 0 Å². The van der Waals surface area contributed by atoms with Gasteiger partial charge in [-0.2, -0.15) is 11.8 Å². The molecule has 5 nitrogen and oxygen atoms in total. The molecule has 0 atom stereocenters. The van der Waals surface area contributed by atoms with Gasteiger partial charge in [-0.3, -0.25) is 4.46 Å². The van der Waals surface area contributed by atoms with E-state index in [1.165, 1.54) is 0 Å². The highest BCUT2D eigenvalue weighted by molar-refractivity contribution is 6.25. The van der Waals surface area contributed by atoms with Crippen LogP contribution in [0.1, 0.15) is 0 Å². The van der Waals surface area contributed by atoms with Crippen molar-refractivity contribution in [1.82, 2.24) is 0 Å². The summed E-state index contributed by atoms with van der Waals surface area (Å²) in [5, 5.41) is 0. The van der Waals surface area contributed by atoms with Gasteiger partial charge >= 0.3 is 9.17 Å². The Labute approximate surface area is 35.6 Å². The van der Waals surface area contributed by atoms with E-state index in [0.717, 1.165) is 0 Å². The van der Waals surface area contributed by atoms with Gasteiger partial charge in [-0.15, -0.1) is 0 Å². The molecule has 0 rings (SSSR count). The number of nitrogens with two attached hydrogens (primary N) is 2. The van der Waals surface area contributed by atoms with Crippen molar-refractivity contribution in [2.45, 2.75) is 0 Å². The number of hydrogen-bond donors (Lipinski definition) is 2. The van der Waals surface area contributed by atoms with Crippen molar-refractivity contribution in [1.29, 1.82) is 0 Å². The van der Waals surface area contributed by atoms with E-state index in [4.69, 9.17) is 0 Å². The second-order valence-electron chi connectivity index (χ2n) is 0.486. The van der Waals surface area contributed by atoms with Crippen LogP contribution in [0.25, 0.3) is 0 Å². The summed E-state index contributed by atoms with van der Waals surface area (Å²) in [6, 6.07) is 0. The van der Waals surface area contributed by atoms with Gasteiger partial charge in [0.25, 0.3) is 0 Å². The zero-order chi connectivity index (χ0) is 4.99. The maximum absolute atomic E-state index is 9.67. The molecule has 0 fully saturated rings. The minimum absolute atomic E-state index is 2.56. The predicted molar refractivity (Wildman–Crippen MR) is 17.0 cm³/mol. The average molecular weight is 108 g/mol. The van der Waals surface area contributed by atoms with E-state index >= 15 is 0 Å². The van der Waals surface area contributed by atoms with Crippen LogP contribution in [0.5, 0.6) is 0 Å². The van der Waals surface area contributed by atoms with Crippen LogP contribution in [0.2, 0.25) is 0 Å². The Hall–Kier alpha value is -0.463. The van der Waals surface area contributed by atoms with Gasteiger partial charge in [-0.1, -0.05) is 0 Å².